The molecule has 0 bridgehead atoms. The van der Waals surface area contributed by atoms with Crippen LogP contribution in [0.5, 0.6) is 0 Å². The van der Waals surface area contributed by atoms with Gasteiger partial charge in [-0.25, -0.2) is 0 Å². The number of rotatable bonds is 4. The van der Waals surface area contributed by atoms with E-state index in [-0.39, 0.29) is 28.8 Å². The second-order valence-corrected chi connectivity index (χ2v) is 12.9. The van der Waals surface area contributed by atoms with Gasteiger partial charge in [0.1, 0.15) is 0 Å². The van der Waals surface area contributed by atoms with E-state index in [9.17, 15) is 18.0 Å². The second kappa shape index (κ2) is 10.1. The normalized spacial score (nSPS) is 27.3. The summed E-state index contributed by atoms with van der Waals surface area (Å²) in [6, 6.07) is 6.54. The van der Waals surface area contributed by atoms with Gasteiger partial charge in [0.15, 0.2) is 0 Å². The van der Waals surface area contributed by atoms with Crippen LogP contribution in [-0.4, -0.2) is 27.8 Å². The van der Waals surface area contributed by atoms with Crippen molar-refractivity contribution < 1.29 is 18.0 Å². The Kier molecular flexibility index (Phi) is 7.54. The molecule has 204 valence electrons. The molecule has 4 rings (SSSR count). The van der Waals surface area contributed by atoms with Gasteiger partial charge in [-0.15, -0.1) is 0 Å². The van der Waals surface area contributed by atoms with E-state index in [1.165, 1.54) is 12.1 Å². The third-order valence-electron chi connectivity index (χ3n) is 8.14. The molecule has 1 amide bonds. The van der Waals surface area contributed by atoms with Crippen molar-refractivity contribution in [2.75, 3.05) is 0 Å². The highest BCUT2D eigenvalue weighted by Crippen LogP contribution is 2.42. The molecule has 1 aliphatic carbocycles. The van der Waals surface area contributed by atoms with E-state index in [2.05, 4.69) is 31.4 Å². The first-order chi connectivity index (χ1) is 17.1. The van der Waals surface area contributed by atoms with E-state index in [0.717, 1.165) is 37.4 Å². The lowest BCUT2D eigenvalue weighted by molar-refractivity contribution is -0.137. The maximum atomic E-state index is 13.5. The van der Waals surface area contributed by atoms with Gasteiger partial charge >= 0.3 is 6.18 Å². The van der Waals surface area contributed by atoms with E-state index in [1.54, 1.807) is 6.07 Å². The minimum atomic E-state index is -4.43. The van der Waals surface area contributed by atoms with Crippen molar-refractivity contribution in [1.29, 1.82) is 0 Å². The highest BCUT2D eigenvalue weighted by molar-refractivity contribution is 5.82. The maximum absolute atomic E-state index is 13.5. The van der Waals surface area contributed by atoms with Crippen LogP contribution in [0.4, 0.5) is 13.2 Å². The molecule has 1 aromatic heterocycles. The van der Waals surface area contributed by atoms with Crippen LogP contribution in [0.15, 0.2) is 36.5 Å². The molecule has 0 spiro atoms. The number of halogens is 3. The number of hydrogen-bond acceptors (Lipinski definition) is 3. The van der Waals surface area contributed by atoms with Crippen molar-refractivity contribution >= 4 is 5.91 Å². The van der Waals surface area contributed by atoms with Gasteiger partial charge in [-0.1, -0.05) is 32.9 Å². The van der Waals surface area contributed by atoms with Crippen LogP contribution < -0.4 is 10.6 Å². The largest absolute Gasteiger partial charge is 0.416 e. The summed E-state index contributed by atoms with van der Waals surface area (Å²) in [6.45, 7) is 13.0. The Morgan fingerprint density at radius 3 is 2.27 bits per heavy atom. The van der Waals surface area contributed by atoms with E-state index in [4.69, 9.17) is 5.10 Å². The molecular formula is C29H41F3N4O. The fourth-order valence-corrected chi connectivity index (χ4v) is 5.82. The molecule has 1 aromatic carbocycles. The van der Waals surface area contributed by atoms with E-state index in [1.807, 2.05) is 37.7 Å². The Morgan fingerprint density at radius 2 is 1.70 bits per heavy atom. The zero-order valence-corrected chi connectivity index (χ0v) is 22.8. The molecule has 1 aliphatic heterocycles. The van der Waals surface area contributed by atoms with E-state index >= 15 is 0 Å². The Labute approximate surface area is 218 Å². The summed E-state index contributed by atoms with van der Waals surface area (Å²) >= 11 is 0. The number of carbonyl (C=O) groups is 1. The number of nitrogens with zero attached hydrogens (tertiary/aromatic N) is 2. The maximum Gasteiger partial charge on any atom is 0.416 e. The summed E-state index contributed by atoms with van der Waals surface area (Å²) in [5.74, 6) is 0.353. The average molecular weight is 519 g/mol. The number of benzene rings is 1. The molecule has 2 heterocycles. The smallest absolute Gasteiger partial charge is 0.352 e. The molecule has 2 fully saturated rings. The van der Waals surface area contributed by atoms with Gasteiger partial charge in [0.25, 0.3) is 0 Å². The van der Waals surface area contributed by atoms with Gasteiger partial charge in [-0.05, 0) is 88.0 Å². The molecule has 2 aliphatic rings. The summed E-state index contributed by atoms with van der Waals surface area (Å²) in [7, 11) is 0. The number of hydrogen-bond donors (Lipinski definition) is 2. The van der Waals surface area contributed by atoms with Crippen molar-refractivity contribution in [3.05, 3.63) is 53.3 Å². The molecule has 3 atom stereocenters. The van der Waals surface area contributed by atoms with Gasteiger partial charge < -0.3 is 5.32 Å². The van der Waals surface area contributed by atoms with Crippen LogP contribution in [0.25, 0.3) is 0 Å². The Morgan fingerprint density at radius 1 is 1.03 bits per heavy atom. The second-order valence-electron chi connectivity index (χ2n) is 12.9. The summed E-state index contributed by atoms with van der Waals surface area (Å²) in [4.78, 5) is 13.4. The molecular weight excluding hydrogens is 477 g/mol. The Hall–Kier alpha value is -2.35. The fourth-order valence-electron chi connectivity index (χ4n) is 5.82. The minimum absolute atomic E-state index is 0.0751. The third kappa shape index (κ3) is 6.39. The van der Waals surface area contributed by atoms with Crippen LogP contribution in [0.2, 0.25) is 0 Å². The number of amides is 1. The monoisotopic (exact) mass is 518 g/mol. The van der Waals surface area contributed by atoms with Crippen LogP contribution >= 0.6 is 0 Å². The topological polar surface area (TPSA) is 59.0 Å². The summed E-state index contributed by atoms with van der Waals surface area (Å²) in [5.41, 5.74) is 0.661. The van der Waals surface area contributed by atoms with Crippen molar-refractivity contribution in [2.45, 2.75) is 109 Å². The predicted octanol–water partition coefficient (Wildman–Crippen LogP) is 6.56. The van der Waals surface area contributed by atoms with Crippen molar-refractivity contribution in [3.63, 3.8) is 0 Å². The summed E-state index contributed by atoms with van der Waals surface area (Å²) in [6.07, 6.45) is 2.04. The zero-order valence-electron chi connectivity index (χ0n) is 22.8. The lowest BCUT2D eigenvalue weighted by atomic mass is 9.71. The molecule has 1 saturated heterocycles. The number of aromatic nitrogens is 2. The standard InChI is InChI=1S/C29H41F3N4O/c1-27(2,3)19-10-12-21(13-11-19)33-26(37)24-17-22(23-14-15-36(35-23)28(4,5)6)25(34-24)18-8-7-9-20(16-18)29(30,31)32/h7-9,14-16,19,21-22,24-25,34H,10-13,17H2,1-6H3,(H,33,37)/t19?,21?,22-,24-,25-/m0/s1. The van der Waals surface area contributed by atoms with Gasteiger partial charge in [0.05, 0.1) is 22.8 Å². The number of carbonyl (C=O) groups excluding carboxylic acids is 1. The molecule has 0 radical (unpaired) electrons. The third-order valence-corrected chi connectivity index (χ3v) is 8.14. The fraction of sp³-hybridized carbons (Fsp3) is 0.655. The first kappa shape index (κ1) is 27.7. The van der Waals surface area contributed by atoms with Gasteiger partial charge in [0, 0.05) is 24.2 Å². The van der Waals surface area contributed by atoms with Crippen LogP contribution in [0.1, 0.15) is 102 Å². The highest BCUT2D eigenvalue weighted by Gasteiger charge is 2.42. The number of nitrogens with one attached hydrogen (secondary N) is 2. The molecule has 5 nitrogen and oxygen atoms in total. The van der Waals surface area contributed by atoms with E-state index in [0.29, 0.717) is 17.9 Å². The molecule has 2 aromatic rings. The lowest BCUT2D eigenvalue weighted by Crippen LogP contribution is -2.47. The molecule has 1 saturated carbocycles. The Bertz CT molecular complexity index is 1090. The van der Waals surface area contributed by atoms with Crippen molar-refractivity contribution in [1.82, 2.24) is 20.4 Å². The summed E-state index contributed by atoms with van der Waals surface area (Å²) in [5, 5.41) is 11.4. The van der Waals surface area contributed by atoms with Gasteiger partial charge in [-0.3, -0.25) is 14.8 Å². The van der Waals surface area contributed by atoms with Crippen molar-refractivity contribution in [2.24, 2.45) is 11.3 Å². The van der Waals surface area contributed by atoms with Gasteiger partial charge in [-0.2, -0.15) is 18.3 Å². The molecule has 2 N–H and O–H groups in total. The van der Waals surface area contributed by atoms with Gasteiger partial charge in [0.2, 0.25) is 5.91 Å². The lowest BCUT2D eigenvalue weighted by Gasteiger charge is -2.37. The number of alkyl halides is 3. The Balaban J connectivity index is 1.54. The van der Waals surface area contributed by atoms with E-state index < -0.39 is 23.8 Å². The van der Waals surface area contributed by atoms with Crippen LogP contribution in [0, 0.1) is 11.3 Å². The SMILES string of the molecule is CC(C)(C)C1CCC(NC(=O)[C@@H]2C[C@@H](c3ccn(C(C)(C)C)n3)[C@H](c3cccc(C(F)(F)F)c3)N2)CC1. The molecule has 8 heteroatoms. The first-order valence-corrected chi connectivity index (χ1v) is 13.4. The zero-order chi connectivity index (χ0) is 27.2. The highest BCUT2D eigenvalue weighted by atomic mass is 19.4. The van der Waals surface area contributed by atoms with Crippen LogP contribution in [0.3, 0.4) is 0 Å². The quantitative estimate of drug-likeness (QED) is 0.482. The average Bonchev–Trinajstić information content (AvgIpc) is 3.46. The predicted molar refractivity (Wildman–Crippen MR) is 139 cm³/mol. The van der Waals surface area contributed by atoms with Crippen LogP contribution in [-0.2, 0) is 16.5 Å². The summed E-state index contributed by atoms with van der Waals surface area (Å²) < 4.78 is 42.3. The molecule has 37 heavy (non-hydrogen) atoms. The minimum Gasteiger partial charge on any atom is -0.352 e. The van der Waals surface area contributed by atoms with Crippen molar-refractivity contribution in [3.8, 4) is 0 Å². The first-order valence-electron chi connectivity index (χ1n) is 13.4. The molecule has 0 unspecified atom stereocenters.